The van der Waals surface area contributed by atoms with E-state index in [1.807, 2.05) is 6.08 Å². The molecule has 1 atom stereocenters. The van der Waals surface area contributed by atoms with Gasteiger partial charge in [0.05, 0.1) is 0 Å². The lowest BCUT2D eigenvalue weighted by atomic mass is 10.0. The highest BCUT2D eigenvalue weighted by Gasteiger charge is 1.96. The molecular weight excluding hydrogens is 156 g/mol. The molecule has 0 heterocycles. The summed E-state index contributed by atoms with van der Waals surface area (Å²) in [7, 11) is 0. The Balaban J connectivity index is 3.52. The van der Waals surface area contributed by atoms with Crippen LogP contribution in [0.3, 0.4) is 0 Å². The van der Waals surface area contributed by atoms with E-state index in [2.05, 4.69) is 33.4 Å². The Labute approximate surface area is 83.7 Å². The molecule has 0 aliphatic carbocycles. The van der Waals surface area contributed by atoms with E-state index in [4.69, 9.17) is 0 Å². The maximum absolute atomic E-state index is 3.73. The van der Waals surface area contributed by atoms with Crippen molar-refractivity contribution in [2.24, 2.45) is 5.92 Å². The molecule has 0 heteroatoms. The summed E-state index contributed by atoms with van der Waals surface area (Å²) in [5.41, 5.74) is 1.52. The highest BCUT2D eigenvalue weighted by atomic mass is 14.0. The average Bonchev–Trinajstić information content (AvgIpc) is 2.14. The van der Waals surface area contributed by atoms with Crippen LogP contribution in [0.4, 0.5) is 0 Å². The SMILES string of the molecule is C=CCCC(C)=CCCC(C)CC. The standard InChI is InChI=1S/C13H24/c1-5-7-9-13(4)11-8-10-12(3)6-2/h5,11-12H,1,6-10H2,2-4H3. The first kappa shape index (κ1) is 12.5. The fourth-order valence-corrected chi connectivity index (χ4v) is 1.25. The molecule has 0 fully saturated rings. The van der Waals surface area contributed by atoms with Gasteiger partial charge in [0.1, 0.15) is 0 Å². The van der Waals surface area contributed by atoms with Crippen LogP contribution >= 0.6 is 0 Å². The van der Waals surface area contributed by atoms with Gasteiger partial charge in [0.25, 0.3) is 0 Å². The fourth-order valence-electron chi connectivity index (χ4n) is 1.25. The van der Waals surface area contributed by atoms with Gasteiger partial charge in [-0.25, -0.2) is 0 Å². The summed E-state index contributed by atoms with van der Waals surface area (Å²) in [4.78, 5) is 0. The largest absolute Gasteiger partial charge is 0.103 e. The lowest BCUT2D eigenvalue weighted by Gasteiger charge is -2.05. The second-order valence-corrected chi connectivity index (χ2v) is 3.97. The molecule has 13 heavy (non-hydrogen) atoms. The van der Waals surface area contributed by atoms with Gasteiger partial charge in [-0.15, -0.1) is 6.58 Å². The summed E-state index contributed by atoms with van der Waals surface area (Å²) in [5, 5.41) is 0. The monoisotopic (exact) mass is 180 g/mol. The number of hydrogen-bond acceptors (Lipinski definition) is 0. The van der Waals surface area contributed by atoms with Gasteiger partial charge in [0.2, 0.25) is 0 Å². The Morgan fingerprint density at radius 1 is 1.38 bits per heavy atom. The molecule has 0 radical (unpaired) electrons. The summed E-state index contributed by atoms with van der Waals surface area (Å²) < 4.78 is 0. The molecule has 0 aromatic carbocycles. The van der Waals surface area contributed by atoms with Gasteiger partial charge in [0.15, 0.2) is 0 Å². The lowest BCUT2D eigenvalue weighted by Crippen LogP contribution is -1.90. The zero-order valence-corrected chi connectivity index (χ0v) is 9.47. The molecule has 0 amide bonds. The summed E-state index contributed by atoms with van der Waals surface area (Å²) in [6.45, 7) is 10.5. The first-order valence-electron chi connectivity index (χ1n) is 5.47. The van der Waals surface area contributed by atoms with Crippen molar-refractivity contribution in [3.05, 3.63) is 24.3 Å². The van der Waals surface area contributed by atoms with E-state index in [0.29, 0.717) is 0 Å². The Kier molecular flexibility index (Phi) is 7.77. The molecule has 0 saturated heterocycles. The molecule has 0 rings (SSSR count). The van der Waals surface area contributed by atoms with Crippen molar-refractivity contribution in [3.63, 3.8) is 0 Å². The van der Waals surface area contributed by atoms with Crippen LogP contribution in [0.2, 0.25) is 0 Å². The highest BCUT2D eigenvalue weighted by molar-refractivity contribution is 4.99. The van der Waals surface area contributed by atoms with Crippen LogP contribution in [0.15, 0.2) is 24.3 Å². The van der Waals surface area contributed by atoms with Crippen molar-refractivity contribution in [3.8, 4) is 0 Å². The third kappa shape index (κ3) is 7.83. The molecule has 0 spiro atoms. The Bertz CT molecular complexity index is 153. The Morgan fingerprint density at radius 2 is 2.08 bits per heavy atom. The van der Waals surface area contributed by atoms with Crippen molar-refractivity contribution in [2.45, 2.75) is 52.9 Å². The van der Waals surface area contributed by atoms with Crippen LogP contribution in [-0.4, -0.2) is 0 Å². The predicted molar refractivity (Wildman–Crippen MR) is 61.9 cm³/mol. The van der Waals surface area contributed by atoms with Gasteiger partial charge in [-0.1, -0.05) is 38.0 Å². The third-order valence-corrected chi connectivity index (χ3v) is 2.59. The predicted octanol–water partition coefficient (Wildman–Crippen LogP) is 4.73. The van der Waals surface area contributed by atoms with Gasteiger partial charge >= 0.3 is 0 Å². The normalized spacial score (nSPS) is 14.2. The summed E-state index contributed by atoms with van der Waals surface area (Å²) in [6.07, 6.45) is 10.6. The van der Waals surface area contributed by atoms with Crippen LogP contribution < -0.4 is 0 Å². The molecule has 0 aromatic rings. The molecule has 0 N–H and O–H groups in total. The van der Waals surface area contributed by atoms with E-state index >= 15 is 0 Å². The molecule has 0 saturated carbocycles. The van der Waals surface area contributed by atoms with Crippen LogP contribution in [-0.2, 0) is 0 Å². The molecule has 76 valence electrons. The maximum Gasteiger partial charge on any atom is -0.0288 e. The first-order valence-corrected chi connectivity index (χ1v) is 5.47. The lowest BCUT2D eigenvalue weighted by molar-refractivity contribution is 0.521. The van der Waals surface area contributed by atoms with Gasteiger partial charge in [0, 0.05) is 0 Å². The Morgan fingerprint density at radius 3 is 2.62 bits per heavy atom. The van der Waals surface area contributed by atoms with Crippen LogP contribution in [0.5, 0.6) is 0 Å². The number of rotatable bonds is 7. The first-order chi connectivity index (χ1) is 6.20. The highest BCUT2D eigenvalue weighted by Crippen LogP contribution is 2.12. The molecule has 0 nitrogen and oxygen atoms in total. The average molecular weight is 180 g/mol. The van der Waals surface area contributed by atoms with Crippen molar-refractivity contribution in [2.75, 3.05) is 0 Å². The van der Waals surface area contributed by atoms with Crippen molar-refractivity contribution < 1.29 is 0 Å². The second kappa shape index (κ2) is 8.10. The number of allylic oxidation sites excluding steroid dienone is 3. The molecule has 0 aliphatic heterocycles. The van der Waals surface area contributed by atoms with E-state index in [0.717, 1.165) is 12.3 Å². The number of hydrogen-bond donors (Lipinski definition) is 0. The summed E-state index contributed by atoms with van der Waals surface area (Å²) >= 11 is 0. The van der Waals surface area contributed by atoms with Crippen molar-refractivity contribution >= 4 is 0 Å². The molecule has 0 aliphatic rings. The topological polar surface area (TPSA) is 0 Å². The van der Waals surface area contributed by atoms with Crippen LogP contribution in [0.1, 0.15) is 52.9 Å². The zero-order valence-electron chi connectivity index (χ0n) is 9.47. The molecule has 0 aromatic heterocycles. The minimum Gasteiger partial charge on any atom is -0.103 e. The quantitative estimate of drug-likeness (QED) is 0.497. The molecular formula is C13H24. The fraction of sp³-hybridized carbons (Fsp3) is 0.692. The summed E-state index contributed by atoms with van der Waals surface area (Å²) in [5.74, 6) is 0.878. The van der Waals surface area contributed by atoms with E-state index < -0.39 is 0 Å². The third-order valence-electron chi connectivity index (χ3n) is 2.59. The molecule has 1 unspecified atom stereocenters. The van der Waals surface area contributed by atoms with E-state index in [-0.39, 0.29) is 0 Å². The van der Waals surface area contributed by atoms with E-state index in [9.17, 15) is 0 Å². The van der Waals surface area contributed by atoms with Gasteiger partial charge < -0.3 is 0 Å². The van der Waals surface area contributed by atoms with Crippen molar-refractivity contribution in [1.82, 2.24) is 0 Å². The second-order valence-electron chi connectivity index (χ2n) is 3.97. The van der Waals surface area contributed by atoms with Crippen molar-refractivity contribution in [1.29, 1.82) is 0 Å². The van der Waals surface area contributed by atoms with Gasteiger partial charge in [-0.2, -0.15) is 0 Å². The maximum atomic E-state index is 3.73. The van der Waals surface area contributed by atoms with Gasteiger partial charge in [-0.05, 0) is 38.5 Å². The summed E-state index contributed by atoms with van der Waals surface area (Å²) in [6, 6.07) is 0. The minimum absolute atomic E-state index is 0.878. The Hall–Kier alpha value is -0.520. The smallest absolute Gasteiger partial charge is 0.0288 e. The zero-order chi connectivity index (χ0) is 10.1. The van der Waals surface area contributed by atoms with Gasteiger partial charge in [-0.3, -0.25) is 0 Å². The van der Waals surface area contributed by atoms with Crippen LogP contribution in [0.25, 0.3) is 0 Å². The minimum atomic E-state index is 0.878. The molecule has 0 bridgehead atoms. The van der Waals surface area contributed by atoms with E-state index in [1.54, 1.807) is 0 Å². The van der Waals surface area contributed by atoms with Crippen LogP contribution in [0, 0.1) is 5.92 Å². The van der Waals surface area contributed by atoms with E-state index in [1.165, 1.54) is 31.3 Å².